The van der Waals surface area contributed by atoms with Crippen molar-refractivity contribution < 1.29 is 9.53 Å². The van der Waals surface area contributed by atoms with Gasteiger partial charge in [-0.2, -0.15) is 0 Å². The van der Waals surface area contributed by atoms with E-state index in [4.69, 9.17) is 4.74 Å². The molecule has 3 heteroatoms. The molecule has 23 heavy (non-hydrogen) atoms. The fraction of sp³-hybridized carbons (Fsp3) is 0.950. The van der Waals surface area contributed by atoms with Gasteiger partial charge in [-0.05, 0) is 27.2 Å². The molecule has 0 heterocycles. The molecule has 1 N–H and O–H groups in total. The van der Waals surface area contributed by atoms with Crippen LogP contribution in [0.4, 0.5) is 4.79 Å². The Kier molecular flexibility index (Phi) is 14.4. The van der Waals surface area contributed by atoms with E-state index in [2.05, 4.69) is 12.2 Å². The fourth-order valence-corrected chi connectivity index (χ4v) is 2.65. The minimum atomic E-state index is -0.403. The molecule has 0 bridgehead atoms. The van der Waals surface area contributed by atoms with Gasteiger partial charge >= 0.3 is 6.09 Å². The molecule has 0 aromatic heterocycles. The number of hydrogen-bond acceptors (Lipinski definition) is 2. The summed E-state index contributed by atoms with van der Waals surface area (Å²) in [7, 11) is 0. The summed E-state index contributed by atoms with van der Waals surface area (Å²) in [5.74, 6) is 0. The monoisotopic (exact) mass is 327 g/mol. The zero-order chi connectivity index (χ0) is 17.4. The quantitative estimate of drug-likeness (QED) is 0.365. The Bertz CT molecular complexity index is 271. The molecule has 0 atom stereocenters. The molecule has 1 amide bonds. The molecule has 0 aliphatic carbocycles. The van der Waals surface area contributed by atoms with Crippen LogP contribution in [0.25, 0.3) is 0 Å². The zero-order valence-electron chi connectivity index (χ0n) is 16.2. The van der Waals surface area contributed by atoms with Crippen LogP contribution in [0, 0.1) is 0 Å². The summed E-state index contributed by atoms with van der Waals surface area (Å²) in [6.45, 7) is 8.66. The van der Waals surface area contributed by atoms with Crippen molar-refractivity contribution in [2.75, 3.05) is 6.54 Å². The predicted octanol–water partition coefficient (Wildman–Crippen LogP) is 6.60. The Morgan fingerprint density at radius 3 is 1.52 bits per heavy atom. The van der Waals surface area contributed by atoms with E-state index in [0.29, 0.717) is 0 Å². The lowest BCUT2D eigenvalue weighted by Gasteiger charge is -2.19. The lowest BCUT2D eigenvalue weighted by atomic mass is 10.0. The van der Waals surface area contributed by atoms with Crippen molar-refractivity contribution in [3.05, 3.63) is 0 Å². The Balaban J connectivity index is 3.15. The van der Waals surface area contributed by atoms with E-state index in [0.717, 1.165) is 13.0 Å². The highest BCUT2D eigenvalue weighted by atomic mass is 16.6. The summed E-state index contributed by atoms with van der Waals surface area (Å²) in [4.78, 5) is 11.4. The largest absolute Gasteiger partial charge is 0.444 e. The number of nitrogens with one attached hydrogen (secondary N) is 1. The highest BCUT2D eigenvalue weighted by Gasteiger charge is 2.15. The molecule has 0 unspecified atom stereocenters. The highest BCUT2D eigenvalue weighted by molar-refractivity contribution is 5.67. The maximum atomic E-state index is 11.4. The summed E-state index contributed by atoms with van der Waals surface area (Å²) < 4.78 is 5.20. The van der Waals surface area contributed by atoms with Crippen LogP contribution < -0.4 is 5.32 Å². The highest BCUT2D eigenvalue weighted by Crippen LogP contribution is 2.12. The smallest absolute Gasteiger partial charge is 0.407 e. The number of ether oxygens (including phenoxy) is 1. The number of carbonyl (C=O) groups excluding carboxylic acids is 1. The third-order valence-electron chi connectivity index (χ3n) is 3.95. The standard InChI is InChI=1S/C20H41NO2/c1-5-6-7-8-9-10-11-12-13-14-15-16-17-18-21-19(22)23-20(2,3)4/h5-18H2,1-4H3,(H,21,22). The first-order valence-corrected chi connectivity index (χ1v) is 9.92. The molecule has 0 aromatic carbocycles. The second-order valence-electron chi connectivity index (χ2n) is 7.67. The average Bonchev–Trinajstić information content (AvgIpc) is 2.46. The van der Waals surface area contributed by atoms with Crippen LogP contribution in [0.15, 0.2) is 0 Å². The first-order chi connectivity index (χ1) is 11.0. The first-order valence-electron chi connectivity index (χ1n) is 9.92. The van der Waals surface area contributed by atoms with Crippen LogP contribution in [0.5, 0.6) is 0 Å². The van der Waals surface area contributed by atoms with Gasteiger partial charge in [0.1, 0.15) is 5.60 Å². The minimum absolute atomic E-state index is 0.295. The number of hydrogen-bond donors (Lipinski definition) is 1. The molecule has 0 aromatic rings. The Labute approximate surface area is 144 Å². The molecule has 0 aliphatic rings. The van der Waals surface area contributed by atoms with Crippen molar-refractivity contribution in [1.29, 1.82) is 0 Å². The van der Waals surface area contributed by atoms with Crippen molar-refractivity contribution in [3.63, 3.8) is 0 Å². The number of alkyl carbamates (subject to hydrolysis) is 1. The summed E-state index contributed by atoms with van der Waals surface area (Å²) in [6, 6.07) is 0. The lowest BCUT2D eigenvalue weighted by molar-refractivity contribution is 0.0527. The molecule has 0 spiro atoms. The summed E-state index contributed by atoms with van der Waals surface area (Å²) in [5.41, 5.74) is -0.403. The first kappa shape index (κ1) is 22.3. The normalized spacial score (nSPS) is 11.5. The molecular formula is C20H41NO2. The van der Waals surface area contributed by atoms with Crippen LogP contribution in [-0.4, -0.2) is 18.2 Å². The zero-order valence-corrected chi connectivity index (χ0v) is 16.2. The van der Waals surface area contributed by atoms with Crippen molar-refractivity contribution in [2.24, 2.45) is 0 Å². The number of amides is 1. The molecule has 0 rings (SSSR count). The van der Waals surface area contributed by atoms with Crippen LogP contribution >= 0.6 is 0 Å². The number of rotatable bonds is 14. The molecule has 138 valence electrons. The molecule has 0 saturated carbocycles. The van der Waals surface area contributed by atoms with Crippen molar-refractivity contribution in [2.45, 2.75) is 117 Å². The van der Waals surface area contributed by atoms with Crippen LogP contribution in [0.3, 0.4) is 0 Å². The second-order valence-corrected chi connectivity index (χ2v) is 7.67. The predicted molar refractivity (Wildman–Crippen MR) is 99.9 cm³/mol. The number of carbonyl (C=O) groups is 1. The van der Waals surface area contributed by atoms with Gasteiger partial charge < -0.3 is 10.1 Å². The van der Waals surface area contributed by atoms with Gasteiger partial charge in [0.25, 0.3) is 0 Å². The summed E-state index contributed by atoms with van der Waals surface area (Å²) in [6.07, 6.45) is 17.2. The second kappa shape index (κ2) is 14.8. The lowest BCUT2D eigenvalue weighted by Crippen LogP contribution is -2.32. The van der Waals surface area contributed by atoms with Crippen molar-refractivity contribution in [3.8, 4) is 0 Å². The molecule has 0 fully saturated rings. The van der Waals surface area contributed by atoms with Gasteiger partial charge in [-0.1, -0.05) is 84.0 Å². The van der Waals surface area contributed by atoms with Gasteiger partial charge in [-0.25, -0.2) is 4.79 Å². The van der Waals surface area contributed by atoms with Crippen LogP contribution in [0.2, 0.25) is 0 Å². The maximum absolute atomic E-state index is 11.4. The Hall–Kier alpha value is -0.730. The summed E-state index contributed by atoms with van der Waals surface area (Å²) in [5, 5.41) is 2.82. The third kappa shape index (κ3) is 19.2. The van der Waals surface area contributed by atoms with Crippen LogP contribution in [-0.2, 0) is 4.74 Å². The van der Waals surface area contributed by atoms with E-state index in [1.54, 1.807) is 0 Å². The average molecular weight is 328 g/mol. The van der Waals surface area contributed by atoms with E-state index in [1.807, 2.05) is 20.8 Å². The molecule has 0 radical (unpaired) electrons. The molecule has 0 saturated heterocycles. The van der Waals surface area contributed by atoms with E-state index in [-0.39, 0.29) is 6.09 Å². The van der Waals surface area contributed by atoms with Crippen molar-refractivity contribution >= 4 is 6.09 Å². The van der Waals surface area contributed by atoms with Gasteiger partial charge in [0.15, 0.2) is 0 Å². The van der Waals surface area contributed by atoms with Gasteiger partial charge in [-0.3, -0.25) is 0 Å². The Morgan fingerprint density at radius 1 is 0.739 bits per heavy atom. The van der Waals surface area contributed by atoms with Crippen LogP contribution in [0.1, 0.15) is 111 Å². The third-order valence-corrected chi connectivity index (χ3v) is 3.95. The molecule has 3 nitrogen and oxygen atoms in total. The topological polar surface area (TPSA) is 38.3 Å². The van der Waals surface area contributed by atoms with E-state index in [1.165, 1.54) is 77.0 Å². The fourth-order valence-electron chi connectivity index (χ4n) is 2.65. The van der Waals surface area contributed by atoms with Crippen molar-refractivity contribution in [1.82, 2.24) is 5.32 Å². The minimum Gasteiger partial charge on any atom is -0.444 e. The Morgan fingerprint density at radius 2 is 1.13 bits per heavy atom. The molecular weight excluding hydrogens is 286 g/mol. The van der Waals surface area contributed by atoms with Gasteiger partial charge in [0.05, 0.1) is 0 Å². The maximum Gasteiger partial charge on any atom is 0.407 e. The molecule has 0 aliphatic heterocycles. The van der Waals surface area contributed by atoms with E-state index >= 15 is 0 Å². The SMILES string of the molecule is CCCCCCCCCCCCCCCNC(=O)OC(C)(C)C. The summed E-state index contributed by atoms with van der Waals surface area (Å²) >= 11 is 0. The van der Waals surface area contributed by atoms with E-state index < -0.39 is 5.60 Å². The van der Waals surface area contributed by atoms with E-state index in [9.17, 15) is 4.79 Å². The number of unbranched alkanes of at least 4 members (excludes halogenated alkanes) is 12. The van der Waals surface area contributed by atoms with Gasteiger partial charge in [-0.15, -0.1) is 0 Å². The van der Waals surface area contributed by atoms with Gasteiger partial charge in [0.2, 0.25) is 0 Å². The van der Waals surface area contributed by atoms with Gasteiger partial charge in [0, 0.05) is 6.54 Å².